The van der Waals surface area contributed by atoms with Crippen LogP contribution in [-0.2, 0) is 9.53 Å². The van der Waals surface area contributed by atoms with Crippen LogP contribution in [0, 0.1) is 11.8 Å². The molecule has 2 heterocycles. The molecule has 0 aromatic heterocycles. The van der Waals surface area contributed by atoms with Gasteiger partial charge in [-0.05, 0) is 37.4 Å². The molecular weight excluding hydrogens is 284 g/mol. The van der Waals surface area contributed by atoms with E-state index in [9.17, 15) is 4.79 Å². The van der Waals surface area contributed by atoms with Crippen molar-refractivity contribution < 1.29 is 9.53 Å². The van der Waals surface area contributed by atoms with Gasteiger partial charge in [0.25, 0.3) is 0 Å². The SMILES string of the molecule is CC(C)CC(CN)C(=O)N(CC1CCCO1)C1CCSC1. The Morgan fingerprint density at radius 2 is 2.24 bits per heavy atom. The molecule has 122 valence electrons. The van der Waals surface area contributed by atoms with E-state index in [2.05, 4.69) is 18.7 Å². The number of hydrogen-bond acceptors (Lipinski definition) is 4. The molecule has 0 saturated carbocycles. The van der Waals surface area contributed by atoms with E-state index in [4.69, 9.17) is 10.5 Å². The van der Waals surface area contributed by atoms with Gasteiger partial charge in [0.05, 0.1) is 12.0 Å². The largest absolute Gasteiger partial charge is 0.376 e. The van der Waals surface area contributed by atoms with E-state index in [1.54, 1.807) is 0 Å². The fourth-order valence-corrected chi connectivity index (χ4v) is 4.52. The number of rotatable bonds is 7. The lowest BCUT2D eigenvalue weighted by molar-refractivity contribution is -0.139. The van der Waals surface area contributed by atoms with Gasteiger partial charge in [-0.15, -0.1) is 0 Å². The van der Waals surface area contributed by atoms with Crippen molar-refractivity contribution in [2.75, 3.05) is 31.2 Å². The maximum absolute atomic E-state index is 13.0. The Bertz CT molecular complexity index is 326. The lowest BCUT2D eigenvalue weighted by Gasteiger charge is -2.34. The van der Waals surface area contributed by atoms with Gasteiger partial charge < -0.3 is 15.4 Å². The van der Waals surface area contributed by atoms with Gasteiger partial charge in [-0.1, -0.05) is 13.8 Å². The Hall–Kier alpha value is -0.260. The van der Waals surface area contributed by atoms with Crippen LogP contribution in [0.25, 0.3) is 0 Å². The molecule has 1 amide bonds. The average molecular weight is 314 g/mol. The van der Waals surface area contributed by atoms with Crippen molar-refractivity contribution in [2.24, 2.45) is 17.6 Å². The molecule has 2 fully saturated rings. The molecule has 0 aromatic rings. The van der Waals surface area contributed by atoms with E-state index >= 15 is 0 Å². The van der Waals surface area contributed by atoms with Crippen LogP contribution in [0.1, 0.15) is 39.5 Å². The van der Waals surface area contributed by atoms with E-state index in [-0.39, 0.29) is 17.9 Å². The fraction of sp³-hybridized carbons (Fsp3) is 0.938. The summed E-state index contributed by atoms with van der Waals surface area (Å²) < 4.78 is 5.76. The minimum atomic E-state index is -0.0306. The van der Waals surface area contributed by atoms with Crippen LogP contribution in [0.15, 0.2) is 0 Å². The molecule has 2 aliphatic heterocycles. The second-order valence-corrected chi connectivity index (χ2v) is 7.86. The summed E-state index contributed by atoms with van der Waals surface area (Å²) in [7, 11) is 0. The van der Waals surface area contributed by atoms with Gasteiger partial charge in [-0.2, -0.15) is 11.8 Å². The zero-order valence-corrected chi connectivity index (χ0v) is 14.2. The highest BCUT2D eigenvalue weighted by atomic mass is 32.2. The maximum atomic E-state index is 13.0. The second-order valence-electron chi connectivity index (χ2n) is 6.71. The summed E-state index contributed by atoms with van der Waals surface area (Å²) in [6.07, 6.45) is 4.44. The van der Waals surface area contributed by atoms with Crippen molar-refractivity contribution in [3.63, 3.8) is 0 Å². The molecule has 2 saturated heterocycles. The molecule has 2 rings (SSSR count). The molecule has 0 bridgehead atoms. The van der Waals surface area contributed by atoms with Crippen LogP contribution in [-0.4, -0.2) is 54.2 Å². The van der Waals surface area contributed by atoms with E-state index in [0.29, 0.717) is 18.5 Å². The molecule has 2 N–H and O–H groups in total. The number of carbonyl (C=O) groups excluding carboxylic acids is 1. The molecule has 2 aliphatic rings. The molecule has 3 unspecified atom stereocenters. The summed E-state index contributed by atoms with van der Waals surface area (Å²) in [5.41, 5.74) is 5.88. The van der Waals surface area contributed by atoms with Crippen molar-refractivity contribution in [1.29, 1.82) is 0 Å². The molecule has 21 heavy (non-hydrogen) atoms. The molecule has 0 aromatic carbocycles. The molecule has 5 heteroatoms. The first-order valence-electron chi connectivity index (χ1n) is 8.31. The topological polar surface area (TPSA) is 55.6 Å². The van der Waals surface area contributed by atoms with Crippen LogP contribution in [0.2, 0.25) is 0 Å². The molecule has 4 nitrogen and oxygen atoms in total. The number of carbonyl (C=O) groups is 1. The normalized spacial score (nSPS) is 27.2. The predicted octanol–water partition coefficient (Wildman–Crippen LogP) is 2.12. The first-order valence-corrected chi connectivity index (χ1v) is 9.47. The first-order chi connectivity index (χ1) is 10.1. The highest BCUT2D eigenvalue weighted by Crippen LogP contribution is 2.26. The highest BCUT2D eigenvalue weighted by molar-refractivity contribution is 7.99. The summed E-state index contributed by atoms with van der Waals surface area (Å²) in [4.78, 5) is 15.1. The van der Waals surface area contributed by atoms with Crippen LogP contribution in [0.5, 0.6) is 0 Å². The van der Waals surface area contributed by atoms with Crippen molar-refractivity contribution in [1.82, 2.24) is 4.90 Å². The fourth-order valence-electron chi connectivity index (χ4n) is 3.30. The smallest absolute Gasteiger partial charge is 0.227 e. The maximum Gasteiger partial charge on any atom is 0.227 e. The third kappa shape index (κ3) is 4.86. The number of nitrogens with two attached hydrogens (primary N) is 1. The minimum Gasteiger partial charge on any atom is -0.376 e. The number of nitrogens with zero attached hydrogens (tertiary/aromatic N) is 1. The van der Waals surface area contributed by atoms with Crippen LogP contribution >= 0.6 is 11.8 Å². The van der Waals surface area contributed by atoms with E-state index in [1.165, 1.54) is 0 Å². The molecule has 0 spiro atoms. The average Bonchev–Trinajstić information content (AvgIpc) is 3.13. The Kier molecular flexibility index (Phi) is 6.83. The Morgan fingerprint density at radius 3 is 2.76 bits per heavy atom. The highest BCUT2D eigenvalue weighted by Gasteiger charge is 2.33. The summed E-state index contributed by atoms with van der Waals surface area (Å²) in [5.74, 6) is 2.96. The summed E-state index contributed by atoms with van der Waals surface area (Å²) >= 11 is 1.95. The van der Waals surface area contributed by atoms with Gasteiger partial charge in [0.15, 0.2) is 0 Å². The van der Waals surface area contributed by atoms with Crippen LogP contribution in [0.3, 0.4) is 0 Å². The Balaban J connectivity index is 2.02. The third-order valence-electron chi connectivity index (χ3n) is 4.44. The third-order valence-corrected chi connectivity index (χ3v) is 5.59. The Labute approximate surface area is 133 Å². The summed E-state index contributed by atoms with van der Waals surface area (Å²) in [6, 6.07) is 0.382. The molecule has 0 radical (unpaired) electrons. The zero-order chi connectivity index (χ0) is 15.2. The van der Waals surface area contributed by atoms with Crippen molar-refractivity contribution in [3.8, 4) is 0 Å². The van der Waals surface area contributed by atoms with E-state index in [0.717, 1.165) is 50.3 Å². The minimum absolute atomic E-state index is 0.0306. The van der Waals surface area contributed by atoms with Gasteiger partial charge in [0.2, 0.25) is 5.91 Å². The quantitative estimate of drug-likeness (QED) is 0.782. The number of amides is 1. The lowest BCUT2D eigenvalue weighted by atomic mass is 9.95. The second kappa shape index (κ2) is 8.39. The lowest BCUT2D eigenvalue weighted by Crippen LogP contribution is -2.48. The molecular formula is C16H30N2O2S. The van der Waals surface area contributed by atoms with Crippen molar-refractivity contribution in [2.45, 2.75) is 51.7 Å². The summed E-state index contributed by atoms with van der Waals surface area (Å²) in [6.45, 7) is 6.38. The first kappa shape index (κ1) is 17.1. The van der Waals surface area contributed by atoms with Crippen LogP contribution in [0.4, 0.5) is 0 Å². The van der Waals surface area contributed by atoms with Crippen LogP contribution < -0.4 is 5.73 Å². The van der Waals surface area contributed by atoms with Crippen molar-refractivity contribution in [3.05, 3.63) is 0 Å². The predicted molar refractivity (Wildman–Crippen MR) is 88.4 cm³/mol. The summed E-state index contributed by atoms with van der Waals surface area (Å²) in [5, 5.41) is 0. The molecule has 3 atom stereocenters. The zero-order valence-electron chi connectivity index (χ0n) is 13.4. The van der Waals surface area contributed by atoms with Gasteiger partial charge in [-0.3, -0.25) is 4.79 Å². The molecule has 0 aliphatic carbocycles. The van der Waals surface area contributed by atoms with E-state index in [1.807, 2.05) is 11.8 Å². The number of thioether (sulfide) groups is 1. The standard InChI is InChI=1S/C16H30N2O2S/c1-12(2)8-13(9-17)16(19)18(14-5-7-21-11-14)10-15-4-3-6-20-15/h12-15H,3-11,17H2,1-2H3. The Morgan fingerprint density at radius 1 is 1.43 bits per heavy atom. The number of ether oxygens (including phenoxy) is 1. The van der Waals surface area contributed by atoms with Gasteiger partial charge in [-0.25, -0.2) is 0 Å². The van der Waals surface area contributed by atoms with Gasteiger partial charge in [0.1, 0.15) is 0 Å². The van der Waals surface area contributed by atoms with Crippen molar-refractivity contribution >= 4 is 17.7 Å². The number of hydrogen-bond donors (Lipinski definition) is 1. The van der Waals surface area contributed by atoms with E-state index < -0.39 is 0 Å². The monoisotopic (exact) mass is 314 g/mol. The van der Waals surface area contributed by atoms with Gasteiger partial charge in [0, 0.05) is 31.5 Å². The van der Waals surface area contributed by atoms with Gasteiger partial charge >= 0.3 is 0 Å².